The molecule has 0 fully saturated rings. The fourth-order valence-corrected chi connectivity index (χ4v) is 4.69. The number of fused-ring (bicyclic) bond motifs is 1. The van der Waals surface area contributed by atoms with Gasteiger partial charge in [0, 0.05) is 0 Å². The maximum atomic E-state index is 11.2. The smallest absolute Gasteiger partial charge is 0.303 e. The lowest BCUT2D eigenvalue weighted by molar-refractivity contribution is -0.137. The minimum atomic E-state index is -0.745. The molecule has 0 saturated carbocycles. The van der Waals surface area contributed by atoms with Gasteiger partial charge in [-0.05, 0) is 81.8 Å². The Labute approximate surface area is 196 Å². The van der Waals surface area contributed by atoms with E-state index in [0.29, 0.717) is 6.61 Å². The minimum absolute atomic E-state index is 0.0357. The van der Waals surface area contributed by atoms with Crippen molar-refractivity contribution in [3.63, 3.8) is 0 Å². The van der Waals surface area contributed by atoms with E-state index in [4.69, 9.17) is 9.47 Å². The van der Waals surface area contributed by atoms with Crippen LogP contribution in [-0.4, -0.2) is 18.2 Å². The van der Waals surface area contributed by atoms with Crippen molar-refractivity contribution in [2.45, 2.75) is 58.0 Å². The third kappa shape index (κ3) is 5.22. The van der Waals surface area contributed by atoms with E-state index in [1.165, 1.54) is 16.7 Å². The molecule has 3 aromatic rings. The molecule has 0 unspecified atom stereocenters. The van der Waals surface area contributed by atoms with Crippen LogP contribution in [0.25, 0.3) is 11.1 Å². The molecule has 1 aliphatic carbocycles. The molecule has 1 atom stereocenters. The highest BCUT2D eigenvalue weighted by Crippen LogP contribution is 2.38. The minimum Gasteiger partial charge on any atom is -0.497 e. The standard InChI is InChI=1S/C29H32O4/c1-29(2,3)27-14-19(8-13-25(27)21-6-5-7-23(15-21)32-4)18-33-24-12-11-20-9-10-22(16-28(30)31)26(20)17-24/h5-8,11-15,17,22H,9-10,16,18H2,1-4H3,(H,30,31)/t22-/m1/s1. The molecule has 0 aromatic heterocycles. The number of carboxylic acid groups (broad SMARTS) is 1. The van der Waals surface area contributed by atoms with Gasteiger partial charge in [0.25, 0.3) is 0 Å². The summed E-state index contributed by atoms with van der Waals surface area (Å²) in [5, 5.41) is 9.21. The summed E-state index contributed by atoms with van der Waals surface area (Å²) in [5.41, 5.74) is 7.02. The molecule has 4 nitrogen and oxygen atoms in total. The monoisotopic (exact) mass is 444 g/mol. The van der Waals surface area contributed by atoms with E-state index in [9.17, 15) is 9.90 Å². The molecule has 0 heterocycles. The summed E-state index contributed by atoms with van der Waals surface area (Å²) in [5.74, 6) is 0.971. The van der Waals surface area contributed by atoms with Crippen molar-refractivity contribution in [1.29, 1.82) is 0 Å². The second-order valence-corrected chi connectivity index (χ2v) is 9.84. The number of carboxylic acids is 1. The van der Waals surface area contributed by atoms with Crippen LogP contribution in [0.4, 0.5) is 0 Å². The fraction of sp³-hybridized carbons (Fsp3) is 0.345. The summed E-state index contributed by atoms with van der Waals surface area (Å²) in [6.07, 6.45) is 2.01. The quantitative estimate of drug-likeness (QED) is 0.438. The van der Waals surface area contributed by atoms with Gasteiger partial charge in [0.15, 0.2) is 0 Å². The van der Waals surface area contributed by atoms with Gasteiger partial charge in [0.05, 0.1) is 13.5 Å². The maximum Gasteiger partial charge on any atom is 0.303 e. The Bertz CT molecular complexity index is 1160. The first-order chi connectivity index (χ1) is 15.7. The van der Waals surface area contributed by atoms with E-state index in [-0.39, 0.29) is 17.8 Å². The number of aliphatic carboxylic acids is 1. The van der Waals surface area contributed by atoms with Crippen molar-refractivity contribution in [3.8, 4) is 22.6 Å². The van der Waals surface area contributed by atoms with E-state index in [2.05, 4.69) is 57.2 Å². The Morgan fingerprint density at radius 2 is 1.85 bits per heavy atom. The first-order valence-corrected chi connectivity index (χ1v) is 11.5. The van der Waals surface area contributed by atoms with Gasteiger partial charge in [-0.1, -0.05) is 57.2 Å². The van der Waals surface area contributed by atoms with Crippen molar-refractivity contribution in [1.82, 2.24) is 0 Å². The number of ether oxygens (including phenoxy) is 2. The van der Waals surface area contributed by atoms with Gasteiger partial charge >= 0.3 is 5.97 Å². The topological polar surface area (TPSA) is 55.8 Å². The molecule has 4 rings (SSSR count). The van der Waals surface area contributed by atoms with Crippen LogP contribution >= 0.6 is 0 Å². The molecule has 0 bridgehead atoms. The highest BCUT2D eigenvalue weighted by Gasteiger charge is 2.25. The molecule has 0 saturated heterocycles. The highest BCUT2D eigenvalue weighted by molar-refractivity contribution is 5.70. The molecule has 0 aliphatic heterocycles. The van der Waals surface area contributed by atoms with Crippen molar-refractivity contribution in [2.24, 2.45) is 0 Å². The zero-order valence-electron chi connectivity index (χ0n) is 19.9. The first kappa shape index (κ1) is 22.9. The molecule has 0 spiro atoms. The van der Waals surface area contributed by atoms with E-state index >= 15 is 0 Å². The maximum absolute atomic E-state index is 11.2. The Morgan fingerprint density at radius 3 is 2.58 bits per heavy atom. The number of methoxy groups -OCH3 is 1. The molecular formula is C29H32O4. The Hall–Kier alpha value is -3.27. The average molecular weight is 445 g/mol. The molecule has 0 radical (unpaired) electrons. The summed E-state index contributed by atoms with van der Waals surface area (Å²) in [4.78, 5) is 11.2. The van der Waals surface area contributed by atoms with Gasteiger partial charge in [0.2, 0.25) is 0 Å². The van der Waals surface area contributed by atoms with Crippen molar-refractivity contribution in [3.05, 3.63) is 82.9 Å². The zero-order valence-corrected chi connectivity index (χ0v) is 19.9. The van der Waals surface area contributed by atoms with E-state index < -0.39 is 5.97 Å². The Balaban J connectivity index is 1.57. The van der Waals surface area contributed by atoms with Gasteiger partial charge in [-0.25, -0.2) is 0 Å². The van der Waals surface area contributed by atoms with Gasteiger partial charge < -0.3 is 14.6 Å². The number of hydrogen-bond acceptors (Lipinski definition) is 3. The van der Waals surface area contributed by atoms with Crippen molar-refractivity contribution < 1.29 is 19.4 Å². The van der Waals surface area contributed by atoms with Crippen LogP contribution in [0.15, 0.2) is 60.7 Å². The lowest BCUT2D eigenvalue weighted by Crippen LogP contribution is -2.14. The van der Waals surface area contributed by atoms with Gasteiger partial charge in [-0.3, -0.25) is 4.79 Å². The molecule has 0 amide bonds. The highest BCUT2D eigenvalue weighted by atomic mass is 16.5. The molecular weight excluding hydrogens is 412 g/mol. The third-order valence-corrected chi connectivity index (χ3v) is 6.42. The predicted octanol–water partition coefficient (Wildman–Crippen LogP) is 6.74. The number of aryl methyl sites for hydroxylation is 1. The second-order valence-electron chi connectivity index (χ2n) is 9.84. The summed E-state index contributed by atoms with van der Waals surface area (Å²) < 4.78 is 11.6. The van der Waals surface area contributed by atoms with Crippen LogP contribution in [0.1, 0.15) is 61.8 Å². The summed E-state index contributed by atoms with van der Waals surface area (Å²) >= 11 is 0. The number of benzene rings is 3. The molecule has 1 N–H and O–H groups in total. The van der Waals surface area contributed by atoms with E-state index in [1.54, 1.807) is 7.11 Å². The number of rotatable bonds is 7. The average Bonchev–Trinajstić information content (AvgIpc) is 3.18. The van der Waals surface area contributed by atoms with Gasteiger partial charge in [-0.2, -0.15) is 0 Å². The van der Waals surface area contributed by atoms with Crippen molar-refractivity contribution in [2.75, 3.05) is 7.11 Å². The zero-order chi connectivity index (χ0) is 23.6. The van der Waals surface area contributed by atoms with E-state index in [1.807, 2.05) is 24.3 Å². The normalized spacial score (nSPS) is 15.2. The van der Waals surface area contributed by atoms with Gasteiger partial charge in [0.1, 0.15) is 18.1 Å². The molecule has 33 heavy (non-hydrogen) atoms. The Morgan fingerprint density at radius 1 is 1.03 bits per heavy atom. The molecule has 4 heteroatoms. The second kappa shape index (κ2) is 9.30. The molecule has 3 aromatic carbocycles. The molecule has 1 aliphatic rings. The number of hydrogen-bond donors (Lipinski definition) is 1. The SMILES string of the molecule is COc1cccc(-c2ccc(COc3ccc4c(c3)[C@@H](CC(=O)O)CC4)cc2C(C)(C)C)c1. The first-order valence-electron chi connectivity index (χ1n) is 11.5. The Kier molecular flexibility index (Phi) is 6.46. The van der Waals surface area contributed by atoms with Gasteiger partial charge in [-0.15, -0.1) is 0 Å². The number of carbonyl (C=O) groups is 1. The van der Waals surface area contributed by atoms with Crippen molar-refractivity contribution >= 4 is 5.97 Å². The van der Waals surface area contributed by atoms with E-state index in [0.717, 1.165) is 41.0 Å². The largest absolute Gasteiger partial charge is 0.497 e. The summed E-state index contributed by atoms with van der Waals surface area (Å²) in [7, 11) is 1.69. The summed E-state index contributed by atoms with van der Waals surface area (Å²) in [6, 6.07) is 20.8. The third-order valence-electron chi connectivity index (χ3n) is 6.42. The van der Waals surface area contributed by atoms with Crippen LogP contribution in [0.3, 0.4) is 0 Å². The van der Waals surface area contributed by atoms with Crippen LogP contribution in [0.5, 0.6) is 11.5 Å². The lowest BCUT2D eigenvalue weighted by atomic mass is 9.81. The summed E-state index contributed by atoms with van der Waals surface area (Å²) in [6.45, 7) is 7.13. The van der Waals surface area contributed by atoms with Crippen LogP contribution in [0, 0.1) is 0 Å². The van der Waals surface area contributed by atoms with Crippen LogP contribution in [0.2, 0.25) is 0 Å². The molecule has 172 valence electrons. The fourth-order valence-electron chi connectivity index (χ4n) is 4.69. The predicted molar refractivity (Wildman–Crippen MR) is 131 cm³/mol. The van der Waals surface area contributed by atoms with Crippen LogP contribution < -0.4 is 9.47 Å². The lowest BCUT2D eigenvalue weighted by Gasteiger charge is -2.24. The van der Waals surface area contributed by atoms with Crippen LogP contribution in [-0.2, 0) is 23.2 Å².